The van der Waals surface area contributed by atoms with Crippen LogP contribution in [-0.4, -0.2) is 23.1 Å². The average Bonchev–Trinajstić information content (AvgIpc) is 2.61. The van der Waals surface area contributed by atoms with Gasteiger partial charge in [0.15, 0.2) is 6.10 Å². The summed E-state index contributed by atoms with van der Waals surface area (Å²) in [5, 5.41) is 14.2. The Kier molecular flexibility index (Phi) is 4.66. The van der Waals surface area contributed by atoms with E-state index in [1.165, 1.54) is 31.2 Å². The molecule has 5 heteroatoms. The van der Waals surface area contributed by atoms with Crippen LogP contribution in [0.4, 0.5) is 5.69 Å². The molecule has 0 aliphatic heterocycles. The molecule has 3 rings (SSSR count). The van der Waals surface area contributed by atoms with Gasteiger partial charge in [-0.25, -0.2) is 4.79 Å². The molecule has 25 heavy (non-hydrogen) atoms. The molecule has 126 valence electrons. The summed E-state index contributed by atoms with van der Waals surface area (Å²) >= 11 is 0. The summed E-state index contributed by atoms with van der Waals surface area (Å²) in [6.45, 7) is 1.50. The number of aromatic hydroxyl groups is 1. The van der Waals surface area contributed by atoms with E-state index in [4.69, 9.17) is 4.74 Å². The summed E-state index contributed by atoms with van der Waals surface area (Å²) in [5.74, 6) is -1.14. The maximum Gasteiger partial charge on any atom is 0.339 e. The van der Waals surface area contributed by atoms with Crippen LogP contribution in [0.15, 0.2) is 66.7 Å². The Morgan fingerprint density at radius 2 is 1.72 bits per heavy atom. The highest BCUT2D eigenvalue weighted by Gasteiger charge is 2.19. The van der Waals surface area contributed by atoms with Crippen LogP contribution in [0.3, 0.4) is 0 Å². The van der Waals surface area contributed by atoms with Crippen molar-refractivity contribution < 1.29 is 19.4 Å². The molecule has 0 radical (unpaired) electrons. The molecular weight excluding hydrogens is 318 g/mol. The van der Waals surface area contributed by atoms with E-state index in [0.717, 1.165) is 10.8 Å². The Bertz CT molecular complexity index is 936. The number of nitrogens with one attached hydrogen (secondary N) is 1. The highest BCUT2D eigenvalue weighted by molar-refractivity contribution is 5.99. The minimum Gasteiger partial charge on any atom is -0.508 e. The quantitative estimate of drug-likeness (QED) is 0.712. The van der Waals surface area contributed by atoms with E-state index in [1.807, 2.05) is 36.4 Å². The molecule has 0 saturated heterocycles. The second kappa shape index (κ2) is 7.05. The van der Waals surface area contributed by atoms with Crippen LogP contribution in [0.1, 0.15) is 17.3 Å². The first-order chi connectivity index (χ1) is 12.0. The molecule has 1 amide bonds. The van der Waals surface area contributed by atoms with E-state index < -0.39 is 18.0 Å². The molecule has 2 N–H and O–H groups in total. The fourth-order valence-electron chi connectivity index (χ4n) is 2.43. The molecule has 3 aromatic rings. The molecular formula is C20H17NO4. The van der Waals surface area contributed by atoms with Crippen LogP contribution in [0.2, 0.25) is 0 Å². The summed E-state index contributed by atoms with van der Waals surface area (Å²) in [5.41, 5.74) is 0.814. The number of hydrogen-bond donors (Lipinski definition) is 2. The largest absolute Gasteiger partial charge is 0.508 e. The second-order valence-electron chi connectivity index (χ2n) is 5.65. The first-order valence-corrected chi connectivity index (χ1v) is 7.82. The van der Waals surface area contributed by atoms with E-state index >= 15 is 0 Å². The molecule has 0 fully saturated rings. The van der Waals surface area contributed by atoms with E-state index in [9.17, 15) is 14.7 Å². The fourth-order valence-corrected chi connectivity index (χ4v) is 2.43. The zero-order valence-corrected chi connectivity index (χ0v) is 13.6. The van der Waals surface area contributed by atoms with Crippen molar-refractivity contribution in [2.75, 3.05) is 5.32 Å². The number of carbonyl (C=O) groups is 2. The van der Waals surface area contributed by atoms with E-state index in [0.29, 0.717) is 5.69 Å². The van der Waals surface area contributed by atoms with Crippen molar-refractivity contribution in [3.8, 4) is 5.75 Å². The zero-order chi connectivity index (χ0) is 17.8. The van der Waals surface area contributed by atoms with Crippen LogP contribution in [-0.2, 0) is 9.53 Å². The highest BCUT2D eigenvalue weighted by atomic mass is 16.5. The Labute approximate surface area is 144 Å². The molecule has 1 unspecified atom stereocenters. The van der Waals surface area contributed by atoms with Crippen molar-refractivity contribution in [2.45, 2.75) is 13.0 Å². The standard InChI is InChI=1S/C20H17NO4/c1-13(25-20(24)16-7-4-8-18(22)12-16)19(23)21-17-10-9-14-5-2-3-6-15(14)11-17/h2-13,22H,1H3,(H,21,23). The molecule has 0 aliphatic carbocycles. The third-order valence-electron chi connectivity index (χ3n) is 3.75. The smallest absolute Gasteiger partial charge is 0.339 e. The van der Waals surface area contributed by atoms with Gasteiger partial charge in [-0.15, -0.1) is 0 Å². The third-order valence-corrected chi connectivity index (χ3v) is 3.75. The Morgan fingerprint density at radius 1 is 0.960 bits per heavy atom. The van der Waals surface area contributed by atoms with Gasteiger partial charge < -0.3 is 15.2 Å². The molecule has 0 aliphatic rings. The van der Waals surface area contributed by atoms with E-state index in [2.05, 4.69) is 5.32 Å². The monoisotopic (exact) mass is 335 g/mol. The van der Waals surface area contributed by atoms with Gasteiger partial charge in [-0.1, -0.05) is 36.4 Å². The number of hydrogen-bond acceptors (Lipinski definition) is 4. The lowest BCUT2D eigenvalue weighted by Crippen LogP contribution is -2.30. The van der Waals surface area contributed by atoms with Crippen LogP contribution < -0.4 is 5.32 Å². The SMILES string of the molecule is CC(OC(=O)c1cccc(O)c1)C(=O)Nc1ccc2ccccc2c1. The predicted molar refractivity (Wildman–Crippen MR) is 95.6 cm³/mol. The average molecular weight is 335 g/mol. The maximum atomic E-state index is 12.2. The number of benzene rings is 3. The molecule has 0 heterocycles. The van der Waals surface area contributed by atoms with Gasteiger partial charge in [-0.2, -0.15) is 0 Å². The van der Waals surface area contributed by atoms with Crippen molar-refractivity contribution in [3.05, 3.63) is 72.3 Å². The Hall–Kier alpha value is -3.34. The van der Waals surface area contributed by atoms with Crippen molar-refractivity contribution in [1.29, 1.82) is 0 Å². The van der Waals surface area contributed by atoms with Crippen LogP contribution >= 0.6 is 0 Å². The van der Waals surface area contributed by atoms with Gasteiger partial charge in [0.05, 0.1) is 5.56 Å². The number of ether oxygens (including phenoxy) is 1. The van der Waals surface area contributed by atoms with Gasteiger partial charge in [-0.3, -0.25) is 4.79 Å². The number of phenols is 1. The minimum atomic E-state index is -0.971. The summed E-state index contributed by atoms with van der Waals surface area (Å²) in [7, 11) is 0. The third kappa shape index (κ3) is 3.95. The number of phenolic OH excluding ortho intramolecular Hbond substituents is 1. The zero-order valence-electron chi connectivity index (χ0n) is 13.6. The van der Waals surface area contributed by atoms with Gasteiger partial charge in [0.25, 0.3) is 5.91 Å². The summed E-state index contributed by atoms with van der Waals surface area (Å²) in [6.07, 6.45) is -0.971. The molecule has 0 aromatic heterocycles. The molecule has 0 spiro atoms. The van der Waals surface area contributed by atoms with E-state index in [-0.39, 0.29) is 11.3 Å². The van der Waals surface area contributed by atoms with Crippen molar-refractivity contribution in [2.24, 2.45) is 0 Å². The number of rotatable bonds is 4. The highest BCUT2D eigenvalue weighted by Crippen LogP contribution is 2.19. The molecule has 3 aromatic carbocycles. The first kappa shape index (κ1) is 16.5. The second-order valence-corrected chi connectivity index (χ2v) is 5.65. The number of carbonyl (C=O) groups excluding carboxylic acids is 2. The molecule has 0 bridgehead atoms. The fraction of sp³-hybridized carbons (Fsp3) is 0.100. The van der Waals surface area contributed by atoms with Gasteiger partial charge in [0.2, 0.25) is 0 Å². The lowest BCUT2D eigenvalue weighted by Gasteiger charge is -2.14. The van der Waals surface area contributed by atoms with Crippen LogP contribution in [0.25, 0.3) is 10.8 Å². The van der Waals surface area contributed by atoms with E-state index in [1.54, 1.807) is 6.07 Å². The Morgan fingerprint density at radius 3 is 2.48 bits per heavy atom. The maximum absolute atomic E-state index is 12.2. The molecule has 0 saturated carbocycles. The predicted octanol–water partition coefficient (Wildman–Crippen LogP) is 3.73. The summed E-state index contributed by atoms with van der Waals surface area (Å²) in [4.78, 5) is 24.3. The molecule has 1 atom stereocenters. The van der Waals surface area contributed by atoms with Gasteiger partial charge in [0, 0.05) is 5.69 Å². The lowest BCUT2D eigenvalue weighted by molar-refractivity contribution is -0.123. The Balaban J connectivity index is 1.66. The van der Waals surface area contributed by atoms with Crippen LogP contribution in [0, 0.1) is 0 Å². The van der Waals surface area contributed by atoms with Crippen molar-refractivity contribution in [1.82, 2.24) is 0 Å². The topological polar surface area (TPSA) is 75.6 Å². The van der Waals surface area contributed by atoms with Crippen LogP contribution in [0.5, 0.6) is 5.75 Å². The molecule has 5 nitrogen and oxygen atoms in total. The summed E-state index contributed by atoms with van der Waals surface area (Å²) < 4.78 is 5.15. The number of anilines is 1. The summed E-state index contributed by atoms with van der Waals surface area (Å²) in [6, 6.07) is 19.2. The first-order valence-electron chi connectivity index (χ1n) is 7.82. The van der Waals surface area contributed by atoms with Crippen molar-refractivity contribution in [3.63, 3.8) is 0 Å². The normalized spacial score (nSPS) is 11.7. The minimum absolute atomic E-state index is 0.0391. The van der Waals surface area contributed by atoms with Crippen molar-refractivity contribution >= 4 is 28.3 Å². The number of amides is 1. The lowest BCUT2D eigenvalue weighted by atomic mass is 10.1. The number of fused-ring (bicyclic) bond motifs is 1. The van der Waals surface area contributed by atoms with Gasteiger partial charge in [0.1, 0.15) is 5.75 Å². The number of esters is 1. The van der Waals surface area contributed by atoms with Gasteiger partial charge >= 0.3 is 5.97 Å². The van der Waals surface area contributed by atoms with Gasteiger partial charge in [-0.05, 0) is 48.0 Å².